The molecule has 3 rings (SSSR count). The van der Waals surface area contributed by atoms with Crippen LogP contribution in [-0.4, -0.2) is 17.8 Å². The van der Waals surface area contributed by atoms with Crippen LogP contribution in [0.15, 0.2) is 53.4 Å². The molecule has 0 aliphatic carbocycles. The van der Waals surface area contributed by atoms with E-state index in [1.54, 1.807) is 6.07 Å². The molecule has 1 heterocycles. The average molecular weight is 410 g/mol. The number of alkyl halides is 1. The molecule has 0 atom stereocenters. The lowest BCUT2D eigenvalue weighted by Gasteiger charge is -2.14. The molecule has 26 heavy (non-hydrogen) atoms. The van der Waals surface area contributed by atoms with E-state index in [0.29, 0.717) is 28.8 Å². The Labute approximate surface area is 167 Å². The van der Waals surface area contributed by atoms with Gasteiger partial charge in [0.05, 0.1) is 24.0 Å². The third-order valence-electron chi connectivity index (χ3n) is 4.07. The molecule has 0 radical (unpaired) electrons. The normalized spacial score (nSPS) is 11.0. The second-order valence-electron chi connectivity index (χ2n) is 5.84. The van der Waals surface area contributed by atoms with Gasteiger partial charge in [0.1, 0.15) is 5.75 Å². The standard InChI is InChI=1S/C20H18Cl2FNOS/c1-13-20(26)12-19(17-8-3-14(21)11-18(17)22)24(13)15-4-6-16(7-5-15)25-10-2-9-23/h3-8,11-12,26H,2,9-10H2,1H3. The fraction of sp³-hybridized carbons (Fsp3) is 0.200. The maximum absolute atomic E-state index is 12.2. The highest BCUT2D eigenvalue weighted by atomic mass is 35.5. The van der Waals surface area contributed by atoms with Crippen molar-refractivity contribution in [3.63, 3.8) is 0 Å². The van der Waals surface area contributed by atoms with Crippen LogP contribution in [-0.2, 0) is 0 Å². The van der Waals surface area contributed by atoms with Crippen LogP contribution in [0.3, 0.4) is 0 Å². The van der Waals surface area contributed by atoms with Crippen molar-refractivity contribution in [2.24, 2.45) is 0 Å². The van der Waals surface area contributed by atoms with Crippen molar-refractivity contribution in [3.05, 3.63) is 64.3 Å². The first-order chi connectivity index (χ1) is 12.5. The van der Waals surface area contributed by atoms with Crippen molar-refractivity contribution < 1.29 is 9.13 Å². The van der Waals surface area contributed by atoms with E-state index in [1.165, 1.54) is 0 Å². The molecule has 2 aromatic carbocycles. The Hall–Kier alpha value is -1.62. The van der Waals surface area contributed by atoms with Crippen LogP contribution in [0.5, 0.6) is 5.75 Å². The number of ether oxygens (including phenoxy) is 1. The molecular formula is C20H18Cl2FNOS. The van der Waals surface area contributed by atoms with Crippen LogP contribution in [0.25, 0.3) is 16.9 Å². The summed E-state index contributed by atoms with van der Waals surface area (Å²) in [6.45, 7) is 1.99. The number of thiol groups is 1. The molecule has 0 aliphatic rings. The number of halogens is 3. The Balaban J connectivity index is 2.00. The smallest absolute Gasteiger partial charge is 0.119 e. The van der Waals surface area contributed by atoms with Gasteiger partial charge in [0, 0.05) is 33.3 Å². The number of hydrogen-bond acceptors (Lipinski definition) is 2. The summed E-state index contributed by atoms with van der Waals surface area (Å²) in [5.74, 6) is 0.712. The molecule has 0 N–H and O–H groups in total. The van der Waals surface area contributed by atoms with Gasteiger partial charge < -0.3 is 9.30 Å². The van der Waals surface area contributed by atoms with E-state index in [0.717, 1.165) is 27.5 Å². The maximum Gasteiger partial charge on any atom is 0.119 e. The van der Waals surface area contributed by atoms with Gasteiger partial charge in [-0.1, -0.05) is 23.2 Å². The van der Waals surface area contributed by atoms with Crippen LogP contribution in [0.2, 0.25) is 10.0 Å². The molecule has 0 aliphatic heterocycles. The summed E-state index contributed by atoms with van der Waals surface area (Å²) in [5, 5.41) is 1.17. The summed E-state index contributed by atoms with van der Waals surface area (Å²) >= 11 is 17.0. The Kier molecular flexibility index (Phi) is 6.17. The van der Waals surface area contributed by atoms with Crippen molar-refractivity contribution in [2.45, 2.75) is 18.2 Å². The second-order valence-corrected chi connectivity index (χ2v) is 7.17. The molecule has 0 amide bonds. The van der Waals surface area contributed by atoms with Crippen LogP contribution in [0.4, 0.5) is 4.39 Å². The minimum atomic E-state index is -0.378. The SMILES string of the molecule is Cc1c(S)cc(-c2ccc(Cl)cc2Cl)n1-c1ccc(OCCCF)cc1. The van der Waals surface area contributed by atoms with Gasteiger partial charge in [-0.25, -0.2) is 0 Å². The van der Waals surface area contributed by atoms with Crippen molar-refractivity contribution in [1.29, 1.82) is 0 Å². The summed E-state index contributed by atoms with van der Waals surface area (Å²) in [5.41, 5.74) is 3.77. The third kappa shape index (κ3) is 4.03. The highest BCUT2D eigenvalue weighted by molar-refractivity contribution is 7.80. The number of nitrogens with zero attached hydrogens (tertiary/aromatic N) is 1. The minimum Gasteiger partial charge on any atom is -0.493 e. The first-order valence-electron chi connectivity index (χ1n) is 8.17. The molecule has 1 aromatic heterocycles. The summed E-state index contributed by atoms with van der Waals surface area (Å²) in [6.07, 6.45) is 0.390. The van der Waals surface area contributed by atoms with E-state index < -0.39 is 0 Å². The van der Waals surface area contributed by atoms with Crippen LogP contribution in [0.1, 0.15) is 12.1 Å². The van der Waals surface area contributed by atoms with Gasteiger partial charge in [0.15, 0.2) is 0 Å². The number of rotatable bonds is 6. The van der Waals surface area contributed by atoms with Gasteiger partial charge in [-0.3, -0.25) is 4.39 Å². The van der Waals surface area contributed by atoms with Crippen molar-refractivity contribution >= 4 is 35.8 Å². The lowest BCUT2D eigenvalue weighted by Crippen LogP contribution is -2.01. The molecule has 0 bridgehead atoms. The van der Waals surface area contributed by atoms with Gasteiger partial charge in [0.2, 0.25) is 0 Å². The molecule has 3 aromatic rings. The molecule has 6 heteroatoms. The Morgan fingerprint density at radius 3 is 2.46 bits per heavy atom. The van der Waals surface area contributed by atoms with Crippen LogP contribution < -0.4 is 4.74 Å². The highest BCUT2D eigenvalue weighted by Gasteiger charge is 2.15. The average Bonchev–Trinajstić information content (AvgIpc) is 2.91. The molecule has 0 saturated heterocycles. The van der Waals surface area contributed by atoms with Crippen LogP contribution in [0, 0.1) is 6.92 Å². The minimum absolute atomic E-state index is 0.366. The monoisotopic (exact) mass is 409 g/mol. The molecule has 0 spiro atoms. The second kappa shape index (κ2) is 8.38. The summed E-state index contributed by atoms with van der Waals surface area (Å²) in [7, 11) is 0. The first kappa shape index (κ1) is 19.2. The quantitative estimate of drug-likeness (QED) is 0.349. The van der Waals surface area contributed by atoms with E-state index in [4.69, 9.17) is 27.9 Å². The fourth-order valence-corrected chi connectivity index (χ4v) is 3.49. The molecule has 0 fully saturated rings. The van der Waals surface area contributed by atoms with E-state index in [9.17, 15) is 4.39 Å². The lowest BCUT2D eigenvalue weighted by atomic mass is 10.1. The van der Waals surface area contributed by atoms with Crippen molar-refractivity contribution in [1.82, 2.24) is 4.57 Å². The summed E-state index contributed by atoms with van der Waals surface area (Å²) in [6, 6.07) is 15.1. The lowest BCUT2D eigenvalue weighted by molar-refractivity contribution is 0.289. The maximum atomic E-state index is 12.2. The number of aromatic nitrogens is 1. The Morgan fingerprint density at radius 1 is 1.08 bits per heavy atom. The fourth-order valence-electron chi connectivity index (χ4n) is 2.76. The molecule has 2 nitrogen and oxygen atoms in total. The van der Waals surface area contributed by atoms with Gasteiger partial charge >= 0.3 is 0 Å². The zero-order chi connectivity index (χ0) is 18.7. The van der Waals surface area contributed by atoms with Gasteiger partial charge in [0.25, 0.3) is 0 Å². The van der Waals surface area contributed by atoms with E-state index in [2.05, 4.69) is 17.2 Å². The van der Waals surface area contributed by atoms with E-state index >= 15 is 0 Å². The van der Waals surface area contributed by atoms with Gasteiger partial charge in [-0.15, -0.1) is 12.6 Å². The van der Waals surface area contributed by atoms with Gasteiger partial charge in [-0.2, -0.15) is 0 Å². The predicted octanol–water partition coefficient (Wildman–Crippen LogP) is 6.79. The largest absolute Gasteiger partial charge is 0.493 e. The van der Waals surface area contributed by atoms with Crippen LogP contribution >= 0.6 is 35.8 Å². The van der Waals surface area contributed by atoms with Crippen molar-refractivity contribution in [3.8, 4) is 22.7 Å². The molecular weight excluding hydrogens is 392 g/mol. The van der Waals surface area contributed by atoms with E-state index in [1.807, 2.05) is 49.4 Å². The third-order valence-corrected chi connectivity index (χ3v) is 5.07. The van der Waals surface area contributed by atoms with E-state index in [-0.39, 0.29) is 6.67 Å². The number of hydrogen-bond donors (Lipinski definition) is 1. The zero-order valence-corrected chi connectivity index (χ0v) is 16.6. The Morgan fingerprint density at radius 2 is 1.81 bits per heavy atom. The topological polar surface area (TPSA) is 14.2 Å². The van der Waals surface area contributed by atoms with Gasteiger partial charge in [-0.05, 0) is 55.5 Å². The summed E-state index contributed by atoms with van der Waals surface area (Å²) < 4.78 is 19.8. The Bertz CT molecular complexity index is 909. The molecule has 0 saturated carbocycles. The predicted molar refractivity (Wildman–Crippen MR) is 109 cm³/mol. The van der Waals surface area contributed by atoms with Crippen molar-refractivity contribution in [2.75, 3.05) is 13.3 Å². The molecule has 136 valence electrons. The number of benzene rings is 2. The zero-order valence-electron chi connectivity index (χ0n) is 14.2. The first-order valence-corrected chi connectivity index (χ1v) is 9.37. The summed E-state index contributed by atoms with van der Waals surface area (Å²) in [4.78, 5) is 0.870. The highest BCUT2D eigenvalue weighted by Crippen LogP contribution is 2.36. The molecule has 0 unspecified atom stereocenters.